The molecule has 1 aromatic carbocycles. The van der Waals surface area contributed by atoms with E-state index in [9.17, 15) is 4.79 Å². The normalized spacial score (nSPS) is 22.8. The highest BCUT2D eigenvalue weighted by molar-refractivity contribution is 14.1. The molecular weight excluding hydrogens is 339 g/mol. The van der Waals surface area contributed by atoms with Gasteiger partial charge in [0.2, 0.25) is 0 Å². The van der Waals surface area contributed by atoms with Crippen molar-refractivity contribution in [2.24, 2.45) is 5.41 Å². The molecule has 0 fully saturated rings. The fraction of sp³-hybridized carbons (Fsp3) is 0.400. The Morgan fingerprint density at radius 3 is 2.72 bits per heavy atom. The van der Waals surface area contributed by atoms with Crippen molar-refractivity contribution in [3.8, 4) is 5.75 Å². The largest absolute Gasteiger partial charge is 0.425 e. The van der Waals surface area contributed by atoms with Crippen LogP contribution < -0.4 is 4.74 Å². The summed E-state index contributed by atoms with van der Waals surface area (Å²) < 4.78 is 6.56. The van der Waals surface area contributed by atoms with E-state index in [1.165, 1.54) is 0 Å². The van der Waals surface area contributed by atoms with Crippen LogP contribution in [0.25, 0.3) is 0 Å². The molecule has 2 rings (SSSR count). The molecule has 0 N–H and O–H groups in total. The van der Waals surface area contributed by atoms with Gasteiger partial charge >= 0.3 is 5.97 Å². The third kappa shape index (κ3) is 2.46. The SMILES string of the molecule is CC1=CCC[C@]1(C)C(=O)Oc1cc(C)ccc1I. The highest BCUT2D eigenvalue weighted by Gasteiger charge is 2.39. The van der Waals surface area contributed by atoms with E-state index >= 15 is 0 Å². The quantitative estimate of drug-likeness (QED) is 0.343. The fourth-order valence-electron chi connectivity index (χ4n) is 2.16. The number of halogens is 1. The van der Waals surface area contributed by atoms with Crippen molar-refractivity contribution in [2.45, 2.75) is 33.6 Å². The van der Waals surface area contributed by atoms with Gasteiger partial charge in [0.15, 0.2) is 0 Å². The highest BCUT2D eigenvalue weighted by Crippen LogP contribution is 2.40. The predicted molar refractivity (Wildman–Crippen MR) is 80.6 cm³/mol. The van der Waals surface area contributed by atoms with Crippen molar-refractivity contribution in [3.05, 3.63) is 39.0 Å². The minimum absolute atomic E-state index is 0.141. The molecule has 1 aromatic rings. The van der Waals surface area contributed by atoms with Gasteiger partial charge in [-0.3, -0.25) is 4.79 Å². The molecule has 1 aliphatic carbocycles. The van der Waals surface area contributed by atoms with Gasteiger partial charge in [-0.1, -0.05) is 17.7 Å². The summed E-state index contributed by atoms with van der Waals surface area (Å²) in [6.45, 7) is 5.97. The van der Waals surface area contributed by atoms with Crippen molar-refractivity contribution in [2.75, 3.05) is 0 Å². The molecule has 0 spiro atoms. The maximum Gasteiger partial charge on any atom is 0.321 e. The van der Waals surface area contributed by atoms with Crippen LogP contribution in [-0.2, 0) is 4.79 Å². The second-order valence-corrected chi connectivity index (χ2v) is 6.24. The van der Waals surface area contributed by atoms with Gasteiger partial charge in [-0.2, -0.15) is 0 Å². The van der Waals surface area contributed by atoms with Gasteiger partial charge in [0.25, 0.3) is 0 Å². The topological polar surface area (TPSA) is 26.3 Å². The molecule has 1 aliphatic rings. The zero-order valence-corrected chi connectivity index (χ0v) is 13.1. The highest BCUT2D eigenvalue weighted by atomic mass is 127. The predicted octanol–water partition coefficient (Wildman–Crippen LogP) is 4.25. The summed E-state index contributed by atoms with van der Waals surface area (Å²) >= 11 is 2.19. The third-order valence-corrected chi connectivity index (χ3v) is 4.60. The second kappa shape index (κ2) is 5.03. The fourth-order valence-corrected chi connectivity index (χ4v) is 2.61. The zero-order chi connectivity index (χ0) is 13.3. The summed E-state index contributed by atoms with van der Waals surface area (Å²) in [6, 6.07) is 5.90. The average Bonchev–Trinajstić information content (AvgIpc) is 2.66. The van der Waals surface area contributed by atoms with Crippen molar-refractivity contribution in [3.63, 3.8) is 0 Å². The summed E-state index contributed by atoms with van der Waals surface area (Å²) in [5.74, 6) is 0.527. The van der Waals surface area contributed by atoms with Crippen molar-refractivity contribution in [1.29, 1.82) is 0 Å². The Kier molecular flexibility index (Phi) is 3.80. The summed E-state index contributed by atoms with van der Waals surface area (Å²) in [6.07, 6.45) is 3.94. The molecule has 2 nitrogen and oxygen atoms in total. The molecule has 18 heavy (non-hydrogen) atoms. The Balaban J connectivity index is 2.22. The van der Waals surface area contributed by atoms with Gasteiger partial charge in [0, 0.05) is 0 Å². The number of carbonyl (C=O) groups is 1. The monoisotopic (exact) mass is 356 g/mol. The molecule has 0 aliphatic heterocycles. The number of benzene rings is 1. The second-order valence-electron chi connectivity index (χ2n) is 5.08. The Morgan fingerprint density at radius 1 is 1.39 bits per heavy atom. The number of aryl methyl sites for hydroxylation is 1. The maximum absolute atomic E-state index is 12.3. The standard InChI is InChI=1S/C15H17IO2/c1-10-6-7-12(16)13(9-10)18-14(17)15(3)8-4-5-11(15)2/h5-7,9H,4,8H2,1-3H3/t15-/m0/s1. The molecule has 0 amide bonds. The number of allylic oxidation sites excluding steroid dienone is 1. The lowest BCUT2D eigenvalue weighted by Gasteiger charge is -2.24. The number of hydrogen-bond acceptors (Lipinski definition) is 2. The average molecular weight is 356 g/mol. The molecule has 1 atom stereocenters. The smallest absolute Gasteiger partial charge is 0.321 e. The lowest BCUT2D eigenvalue weighted by atomic mass is 9.84. The van der Waals surface area contributed by atoms with E-state index in [4.69, 9.17) is 4.74 Å². The van der Waals surface area contributed by atoms with Crippen molar-refractivity contribution >= 4 is 28.6 Å². The van der Waals surface area contributed by atoms with Crippen LogP contribution in [0.4, 0.5) is 0 Å². The first kappa shape index (κ1) is 13.6. The minimum atomic E-state index is -0.452. The number of rotatable bonds is 2. The van der Waals surface area contributed by atoms with E-state index in [0.717, 1.165) is 27.5 Å². The van der Waals surface area contributed by atoms with Crippen molar-refractivity contribution < 1.29 is 9.53 Å². The summed E-state index contributed by atoms with van der Waals surface area (Å²) in [5.41, 5.74) is 1.77. The van der Waals surface area contributed by atoms with E-state index in [2.05, 4.69) is 28.7 Å². The number of carbonyl (C=O) groups excluding carboxylic acids is 1. The molecule has 96 valence electrons. The Labute approximate surface area is 122 Å². The lowest BCUT2D eigenvalue weighted by molar-refractivity contribution is -0.142. The van der Waals surface area contributed by atoms with Crippen LogP contribution in [0.3, 0.4) is 0 Å². The van der Waals surface area contributed by atoms with Crippen LogP contribution >= 0.6 is 22.6 Å². The summed E-state index contributed by atoms with van der Waals surface area (Å²) in [7, 11) is 0. The van der Waals surface area contributed by atoms with Crippen LogP contribution in [-0.4, -0.2) is 5.97 Å². The Hall–Kier alpha value is -0.840. The molecule has 0 heterocycles. The van der Waals surface area contributed by atoms with Crippen LogP contribution in [0.5, 0.6) is 5.75 Å². The molecule has 0 saturated heterocycles. The number of hydrogen-bond donors (Lipinski definition) is 0. The molecular formula is C15H17IO2. The maximum atomic E-state index is 12.3. The molecule has 0 aromatic heterocycles. The first-order chi connectivity index (χ1) is 8.43. The van der Waals surface area contributed by atoms with Crippen molar-refractivity contribution in [1.82, 2.24) is 0 Å². The lowest BCUT2D eigenvalue weighted by Crippen LogP contribution is -2.31. The molecule has 0 saturated carbocycles. The summed E-state index contributed by atoms with van der Waals surface area (Å²) in [4.78, 5) is 12.3. The van der Waals surface area contributed by atoms with Crippen LogP contribution in [0, 0.1) is 15.9 Å². The summed E-state index contributed by atoms with van der Waals surface area (Å²) in [5, 5.41) is 0. The molecule has 0 bridgehead atoms. The van der Waals surface area contributed by atoms with Gasteiger partial charge in [0.05, 0.1) is 8.99 Å². The van der Waals surface area contributed by atoms with E-state index in [0.29, 0.717) is 5.75 Å². The van der Waals surface area contributed by atoms with Gasteiger partial charge in [-0.25, -0.2) is 0 Å². The molecule has 3 heteroatoms. The van der Waals surface area contributed by atoms with Gasteiger partial charge in [0.1, 0.15) is 5.75 Å². The van der Waals surface area contributed by atoms with Crippen LogP contribution in [0.2, 0.25) is 0 Å². The van der Waals surface area contributed by atoms with Crippen LogP contribution in [0.15, 0.2) is 29.8 Å². The minimum Gasteiger partial charge on any atom is -0.425 e. The van der Waals surface area contributed by atoms with Gasteiger partial charge in [-0.15, -0.1) is 0 Å². The van der Waals surface area contributed by atoms with E-state index in [1.807, 2.05) is 39.0 Å². The van der Waals surface area contributed by atoms with Gasteiger partial charge in [-0.05, 0) is 73.9 Å². The Bertz CT molecular complexity index is 519. The third-order valence-electron chi connectivity index (χ3n) is 3.71. The Morgan fingerprint density at radius 2 is 2.11 bits per heavy atom. The number of esters is 1. The van der Waals surface area contributed by atoms with Crippen LogP contribution in [0.1, 0.15) is 32.3 Å². The first-order valence-electron chi connectivity index (χ1n) is 6.09. The molecule has 0 radical (unpaired) electrons. The molecule has 0 unspecified atom stereocenters. The first-order valence-corrected chi connectivity index (χ1v) is 7.17. The number of ether oxygens (including phenoxy) is 1. The van der Waals surface area contributed by atoms with Gasteiger partial charge < -0.3 is 4.74 Å². The zero-order valence-electron chi connectivity index (χ0n) is 10.9. The van der Waals surface area contributed by atoms with E-state index in [1.54, 1.807) is 0 Å². The van der Waals surface area contributed by atoms with E-state index < -0.39 is 5.41 Å². The van der Waals surface area contributed by atoms with E-state index in [-0.39, 0.29) is 5.97 Å².